The van der Waals surface area contributed by atoms with Gasteiger partial charge < -0.3 is 5.41 Å². The van der Waals surface area contributed by atoms with Gasteiger partial charge in [-0.25, -0.2) is 0 Å². The Hall–Kier alpha value is -1.98. The van der Waals surface area contributed by atoms with E-state index >= 15 is 0 Å². The third-order valence-electron chi connectivity index (χ3n) is 5.03. The molecule has 2 aromatic rings. The summed E-state index contributed by atoms with van der Waals surface area (Å²) in [5.74, 6) is 0. The van der Waals surface area contributed by atoms with Gasteiger partial charge in [0.15, 0.2) is 0 Å². The lowest BCUT2D eigenvalue weighted by Gasteiger charge is -2.32. The molecule has 0 aromatic heterocycles. The Bertz CT molecular complexity index is 830. The van der Waals surface area contributed by atoms with Gasteiger partial charge in [-0.3, -0.25) is 0 Å². The highest BCUT2D eigenvalue weighted by atomic mass is 31.1. The van der Waals surface area contributed by atoms with Crippen LogP contribution in [-0.2, 0) is 0 Å². The number of allylic oxidation sites excluding steroid dienone is 4. The molecule has 1 unspecified atom stereocenters. The second-order valence-electron chi connectivity index (χ2n) is 7.51. The Morgan fingerprint density at radius 1 is 0.692 bits per heavy atom. The minimum absolute atomic E-state index is 0.134. The van der Waals surface area contributed by atoms with E-state index in [0.717, 1.165) is 5.71 Å². The van der Waals surface area contributed by atoms with E-state index in [0.29, 0.717) is 0 Å². The summed E-state index contributed by atoms with van der Waals surface area (Å²) in [5, 5.41) is 11.5. The van der Waals surface area contributed by atoms with Crippen molar-refractivity contribution >= 4 is 24.2 Å². The summed E-state index contributed by atoms with van der Waals surface area (Å²) in [7, 11) is -0.679. The van der Waals surface area contributed by atoms with Crippen LogP contribution in [0.25, 0.3) is 0 Å². The molecule has 0 saturated heterocycles. The van der Waals surface area contributed by atoms with E-state index in [1.54, 1.807) is 0 Å². The Kier molecular flexibility index (Phi) is 5.30. The highest BCUT2D eigenvalue weighted by Crippen LogP contribution is 2.45. The molecule has 1 aliphatic rings. The monoisotopic (exact) mass is 361 g/mol. The lowest BCUT2D eigenvalue weighted by atomic mass is 10.1. The normalized spacial score (nSPS) is 16.6. The van der Waals surface area contributed by atoms with E-state index in [1.165, 1.54) is 44.0 Å². The largest absolute Gasteiger partial charge is 0.304 e. The molecule has 2 heteroatoms. The number of benzene rings is 2. The van der Waals surface area contributed by atoms with E-state index in [4.69, 9.17) is 5.41 Å². The first-order valence-electron chi connectivity index (χ1n) is 9.18. The molecule has 0 bridgehead atoms. The van der Waals surface area contributed by atoms with Crippen molar-refractivity contribution in [3.63, 3.8) is 0 Å². The lowest BCUT2D eigenvalue weighted by molar-refractivity contribution is 1.32. The van der Waals surface area contributed by atoms with Crippen LogP contribution in [0.2, 0.25) is 0 Å². The van der Waals surface area contributed by atoms with Crippen LogP contribution in [0.15, 0.2) is 48.6 Å². The van der Waals surface area contributed by atoms with Gasteiger partial charge in [-0.15, -0.1) is 0 Å². The number of hydrogen-bond acceptors (Lipinski definition) is 1. The minimum atomic E-state index is -0.679. The molecule has 1 aliphatic carbocycles. The van der Waals surface area contributed by atoms with Crippen LogP contribution in [-0.4, -0.2) is 11.4 Å². The molecule has 1 atom stereocenters. The van der Waals surface area contributed by atoms with Gasteiger partial charge in [-0.1, -0.05) is 53.6 Å². The van der Waals surface area contributed by atoms with Crippen molar-refractivity contribution in [3.05, 3.63) is 82.0 Å². The van der Waals surface area contributed by atoms with Crippen molar-refractivity contribution in [2.45, 2.75) is 47.2 Å². The maximum Gasteiger partial charge on any atom is 0.0471 e. The van der Waals surface area contributed by atoms with Crippen molar-refractivity contribution in [1.82, 2.24) is 0 Å². The van der Waals surface area contributed by atoms with E-state index in [1.807, 2.05) is 12.2 Å². The molecule has 0 radical (unpaired) electrons. The van der Waals surface area contributed by atoms with E-state index in [2.05, 4.69) is 78.0 Å². The average molecular weight is 361 g/mol. The van der Waals surface area contributed by atoms with Crippen LogP contribution in [0, 0.1) is 47.0 Å². The van der Waals surface area contributed by atoms with Crippen LogP contribution in [0.4, 0.5) is 0 Å². The molecule has 0 spiro atoms. The standard InChI is InChI=1S/C24H28NP/c1-15-11-17(3)23(18(4)12-15)26(22-10-8-7-9-21(22)25)24-19(5)13-16(2)14-20(24)6/h7-14,22,25H,1-6H3. The first-order valence-corrected chi connectivity index (χ1v) is 10.6. The van der Waals surface area contributed by atoms with Gasteiger partial charge >= 0.3 is 0 Å². The maximum atomic E-state index is 8.62. The highest BCUT2D eigenvalue weighted by molar-refractivity contribution is 7.75. The van der Waals surface area contributed by atoms with Gasteiger partial charge in [0.2, 0.25) is 0 Å². The highest BCUT2D eigenvalue weighted by Gasteiger charge is 2.31. The van der Waals surface area contributed by atoms with Crippen molar-refractivity contribution < 1.29 is 0 Å². The molecule has 134 valence electrons. The quantitative estimate of drug-likeness (QED) is 0.700. The molecule has 0 saturated carbocycles. The van der Waals surface area contributed by atoms with E-state index in [-0.39, 0.29) is 5.66 Å². The molecule has 26 heavy (non-hydrogen) atoms. The average Bonchev–Trinajstić information content (AvgIpc) is 2.52. The number of nitrogens with one attached hydrogen (secondary N) is 1. The van der Waals surface area contributed by atoms with Gasteiger partial charge in [0.25, 0.3) is 0 Å². The van der Waals surface area contributed by atoms with Crippen LogP contribution in [0.3, 0.4) is 0 Å². The zero-order valence-corrected chi connectivity index (χ0v) is 17.5. The Morgan fingerprint density at radius 2 is 1.12 bits per heavy atom. The van der Waals surface area contributed by atoms with Crippen LogP contribution < -0.4 is 10.6 Å². The molecular formula is C24H28NP. The molecule has 2 aromatic carbocycles. The van der Waals surface area contributed by atoms with Crippen LogP contribution in [0.5, 0.6) is 0 Å². The summed E-state index contributed by atoms with van der Waals surface area (Å²) < 4.78 is 0. The summed E-state index contributed by atoms with van der Waals surface area (Å²) in [6, 6.07) is 9.18. The van der Waals surface area contributed by atoms with Crippen molar-refractivity contribution in [2.24, 2.45) is 0 Å². The molecule has 1 N–H and O–H groups in total. The summed E-state index contributed by atoms with van der Waals surface area (Å²) >= 11 is 0. The Balaban J connectivity index is 2.31. The fourth-order valence-corrected chi connectivity index (χ4v) is 7.44. The predicted molar refractivity (Wildman–Crippen MR) is 117 cm³/mol. The van der Waals surface area contributed by atoms with E-state index in [9.17, 15) is 0 Å². The SMILES string of the molecule is Cc1cc(C)c(P(c2c(C)cc(C)cc2C)C2C=CC=CC2=N)c(C)c1. The van der Waals surface area contributed by atoms with Gasteiger partial charge in [-0.2, -0.15) is 0 Å². The zero-order valence-electron chi connectivity index (χ0n) is 16.6. The maximum absolute atomic E-state index is 8.62. The fourth-order valence-electron chi connectivity index (χ4n) is 4.25. The van der Waals surface area contributed by atoms with Crippen LogP contribution in [0.1, 0.15) is 33.4 Å². The third-order valence-corrected chi connectivity index (χ3v) is 8.41. The number of rotatable bonds is 3. The molecule has 0 heterocycles. The van der Waals surface area contributed by atoms with Crippen molar-refractivity contribution in [3.8, 4) is 0 Å². The zero-order chi connectivity index (χ0) is 19.0. The molecule has 0 aliphatic heterocycles. The lowest BCUT2D eigenvalue weighted by Crippen LogP contribution is -2.31. The van der Waals surface area contributed by atoms with Crippen molar-refractivity contribution in [2.75, 3.05) is 0 Å². The second-order valence-corrected chi connectivity index (χ2v) is 9.70. The van der Waals surface area contributed by atoms with Crippen LogP contribution >= 0.6 is 7.92 Å². The predicted octanol–water partition coefficient (Wildman–Crippen LogP) is 5.48. The summed E-state index contributed by atoms with van der Waals surface area (Å²) in [6.45, 7) is 13.3. The first-order chi connectivity index (χ1) is 12.3. The van der Waals surface area contributed by atoms with Crippen molar-refractivity contribution in [1.29, 1.82) is 5.41 Å². The summed E-state index contributed by atoms with van der Waals surface area (Å²) in [5.41, 5.74) is 8.88. The Morgan fingerprint density at radius 3 is 1.50 bits per heavy atom. The Labute approximate surface area is 159 Å². The minimum Gasteiger partial charge on any atom is -0.304 e. The van der Waals surface area contributed by atoms with Gasteiger partial charge in [-0.05, 0) is 88.4 Å². The molecular weight excluding hydrogens is 333 g/mol. The summed E-state index contributed by atoms with van der Waals surface area (Å²) in [6.07, 6.45) is 8.27. The van der Waals surface area contributed by atoms with Gasteiger partial charge in [0.1, 0.15) is 0 Å². The number of hydrogen-bond donors (Lipinski definition) is 1. The molecule has 3 rings (SSSR count). The van der Waals surface area contributed by atoms with Gasteiger partial charge in [0.05, 0.1) is 0 Å². The smallest absolute Gasteiger partial charge is 0.0471 e. The molecule has 0 amide bonds. The molecule has 0 fully saturated rings. The first kappa shape index (κ1) is 18.8. The summed E-state index contributed by atoms with van der Waals surface area (Å²) in [4.78, 5) is 0. The molecule has 1 nitrogen and oxygen atoms in total. The van der Waals surface area contributed by atoms with Gasteiger partial charge in [0, 0.05) is 11.4 Å². The third kappa shape index (κ3) is 3.46. The topological polar surface area (TPSA) is 23.9 Å². The van der Waals surface area contributed by atoms with E-state index < -0.39 is 7.92 Å². The fraction of sp³-hybridized carbons (Fsp3) is 0.292. The number of aryl methyl sites for hydroxylation is 6. The second kappa shape index (κ2) is 7.33.